The summed E-state index contributed by atoms with van der Waals surface area (Å²) in [6.45, 7) is 0. The summed E-state index contributed by atoms with van der Waals surface area (Å²) in [5.74, 6) is -2.24. The highest BCUT2D eigenvalue weighted by Gasteiger charge is 2.27. The second kappa shape index (κ2) is 6.55. The number of carbonyl (C=O) groups excluding carboxylic acids is 2. The van der Waals surface area contributed by atoms with E-state index in [1.165, 1.54) is 0 Å². The summed E-state index contributed by atoms with van der Waals surface area (Å²) < 4.78 is 22.4. The van der Waals surface area contributed by atoms with Gasteiger partial charge in [0.2, 0.25) is 5.91 Å². The van der Waals surface area contributed by atoms with E-state index in [1.54, 1.807) is 0 Å². The standard InChI is InChI=1S/C10H17N3O6S/c11-8(14)5-7(9(15)16)13-10(17)12-6-1-3-20(18,19)4-2-6/h6-7H,1-5H2,(H2,11,14)(H,15,16)(H2,12,13,17)/t7-/m0/s1. The van der Waals surface area contributed by atoms with Crippen LogP contribution in [0.25, 0.3) is 0 Å². The molecule has 9 nitrogen and oxygen atoms in total. The van der Waals surface area contributed by atoms with E-state index in [0.29, 0.717) is 0 Å². The van der Waals surface area contributed by atoms with Gasteiger partial charge < -0.3 is 21.5 Å². The van der Waals surface area contributed by atoms with Crippen molar-refractivity contribution in [2.45, 2.75) is 31.3 Å². The van der Waals surface area contributed by atoms with Crippen LogP contribution < -0.4 is 16.4 Å². The molecule has 0 unspecified atom stereocenters. The Kier molecular flexibility index (Phi) is 5.31. The van der Waals surface area contributed by atoms with Crippen LogP contribution in [0.4, 0.5) is 4.79 Å². The van der Waals surface area contributed by atoms with Crippen LogP contribution >= 0.6 is 0 Å². The number of aliphatic carboxylic acids is 1. The summed E-state index contributed by atoms with van der Waals surface area (Å²) in [5.41, 5.74) is 4.88. The molecular formula is C10H17N3O6S. The zero-order chi connectivity index (χ0) is 15.3. The van der Waals surface area contributed by atoms with E-state index >= 15 is 0 Å². The zero-order valence-electron chi connectivity index (χ0n) is 10.7. The van der Waals surface area contributed by atoms with Crippen molar-refractivity contribution in [2.24, 2.45) is 5.73 Å². The topological polar surface area (TPSA) is 156 Å². The molecule has 1 saturated heterocycles. The molecule has 114 valence electrons. The molecule has 3 amide bonds. The molecule has 0 bridgehead atoms. The lowest BCUT2D eigenvalue weighted by molar-refractivity contribution is -0.140. The van der Waals surface area contributed by atoms with Crippen molar-refractivity contribution in [3.8, 4) is 0 Å². The zero-order valence-corrected chi connectivity index (χ0v) is 11.5. The lowest BCUT2D eigenvalue weighted by Gasteiger charge is -2.24. The number of nitrogens with one attached hydrogen (secondary N) is 2. The number of urea groups is 1. The lowest BCUT2D eigenvalue weighted by Crippen LogP contribution is -2.51. The quantitative estimate of drug-likeness (QED) is 0.469. The Bertz CT molecular complexity index is 489. The molecule has 1 rings (SSSR count). The second-order valence-electron chi connectivity index (χ2n) is 4.61. The van der Waals surface area contributed by atoms with Crippen LogP contribution in [0.1, 0.15) is 19.3 Å². The monoisotopic (exact) mass is 307 g/mol. The van der Waals surface area contributed by atoms with E-state index in [0.717, 1.165) is 0 Å². The largest absolute Gasteiger partial charge is 0.480 e. The maximum absolute atomic E-state index is 11.6. The van der Waals surface area contributed by atoms with Gasteiger partial charge in [-0.2, -0.15) is 0 Å². The number of hydrogen-bond acceptors (Lipinski definition) is 5. The van der Waals surface area contributed by atoms with Gasteiger partial charge in [-0.1, -0.05) is 0 Å². The first-order valence-electron chi connectivity index (χ1n) is 5.98. The molecule has 1 heterocycles. The van der Waals surface area contributed by atoms with Crippen LogP contribution in [0.15, 0.2) is 0 Å². The van der Waals surface area contributed by atoms with Crippen molar-refractivity contribution in [3.05, 3.63) is 0 Å². The number of hydrogen-bond donors (Lipinski definition) is 4. The maximum atomic E-state index is 11.6. The Labute approximate surface area is 115 Å². The first kappa shape index (κ1) is 16.2. The number of sulfone groups is 1. The Balaban J connectivity index is 2.46. The summed E-state index contributed by atoms with van der Waals surface area (Å²) >= 11 is 0. The highest BCUT2D eigenvalue weighted by Crippen LogP contribution is 2.11. The first-order chi connectivity index (χ1) is 9.19. The van der Waals surface area contributed by atoms with Crippen molar-refractivity contribution in [1.29, 1.82) is 0 Å². The van der Waals surface area contributed by atoms with Gasteiger partial charge in [-0.05, 0) is 12.8 Å². The van der Waals surface area contributed by atoms with Crippen LogP contribution in [0.5, 0.6) is 0 Å². The molecule has 20 heavy (non-hydrogen) atoms. The summed E-state index contributed by atoms with van der Waals surface area (Å²) in [6.07, 6.45) is 0.0500. The van der Waals surface area contributed by atoms with Crippen molar-refractivity contribution < 1.29 is 27.9 Å². The van der Waals surface area contributed by atoms with E-state index in [4.69, 9.17) is 10.8 Å². The van der Waals surface area contributed by atoms with Crippen molar-refractivity contribution in [2.75, 3.05) is 11.5 Å². The molecule has 0 aromatic heterocycles. The molecule has 0 saturated carbocycles. The fourth-order valence-corrected chi connectivity index (χ4v) is 3.31. The predicted molar refractivity (Wildman–Crippen MR) is 68.6 cm³/mol. The molecule has 10 heteroatoms. The van der Waals surface area contributed by atoms with Gasteiger partial charge in [0.1, 0.15) is 15.9 Å². The van der Waals surface area contributed by atoms with E-state index in [9.17, 15) is 22.8 Å². The van der Waals surface area contributed by atoms with Gasteiger partial charge in [0.25, 0.3) is 0 Å². The molecular weight excluding hydrogens is 290 g/mol. The van der Waals surface area contributed by atoms with Gasteiger partial charge >= 0.3 is 12.0 Å². The SMILES string of the molecule is NC(=O)C[C@H](NC(=O)NC1CCS(=O)(=O)CC1)C(=O)O. The summed E-state index contributed by atoms with van der Waals surface area (Å²) in [6, 6.07) is -2.50. The highest BCUT2D eigenvalue weighted by atomic mass is 32.2. The van der Waals surface area contributed by atoms with Crippen molar-refractivity contribution >= 4 is 27.7 Å². The van der Waals surface area contributed by atoms with Gasteiger partial charge in [-0.3, -0.25) is 4.79 Å². The van der Waals surface area contributed by atoms with Crippen LogP contribution in [-0.2, 0) is 19.4 Å². The number of amides is 3. The molecule has 1 atom stereocenters. The number of carboxylic acids is 1. The molecule has 5 N–H and O–H groups in total. The first-order valence-corrected chi connectivity index (χ1v) is 7.80. The number of carboxylic acid groups (broad SMARTS) is 1. The average molecular weight is 307 g/mol. The number of carbonyl (C=O) groups is 3. The fourth-order valence-electron chi connectivity index (χ4n) is 1.82. The van der Waals surface area contributed by atoms with Gasteiger partial charge in [0.15, 0.2) is 0 Å². The molecule has 0 aromatic carbocycles. The summed E-state index contributed by atoms with van der Waals surface area (Å²) in [5, 5.41) is 13.4. The third kappa shape index (κ3) is 5.43. The molecule has 0 spiro atoms. The molecule has 1 aliphatic heterocycles. The second-order valence-corrected chi connectivity index (χ2v) is 6.91. The van der Waals surface area contributed by atoms with Crippen molar-refractivity contribution in [1.82, 2.24) is 10.6 Å². The van der Waals surface area contributed by atoms with Gasteiger partial charge in [-0.15, -0.1) is 0 Å². The molecule has 0 aliphatic carbocycles. The number of primary amides is 1. The molecule has 0 radical (unpaired) electrons. The fraction of sp³-hybridized carbons (Fsp3) is 0.700. The van der Waals surface area contributed by atoms with Gasteiger partial charge in [-0.25, -0.2) is 18.0 Å². The number of nitrogens with two attached hydrogens (primary N) is 1. The third-order valence-electron chi connectivity index (χ3n) is 2.90. The van der Waals surface area contributed by atoms with Crippen LogP contribution in [0, 0.1) is 0 Å². The summed E-state index contributed by atoms with van der Waals surface area (Å²) in [7, 11) is -3.03. The van der Waals surface area contributed by atoms with Crippen molar-refractivity contribution in [3.63, 3.8) is 0 Å². The normalized spacial score (nSPS) is 19.8. The highest BCUT2D eigenvalue weighted by molar-refractivity contribution is 7.91. The molecule has 1 aliphatic rings. The summed E-state index contributed by atoms with van der Waals surface area (Å²) in [4.78, 5) is 33.1. The third-order valence-corrected chi connectivity index (χ3v) is 4.61. The smallest absolute Gasteiger partial charge is 0.326 e. The minimum absolute atomic E-state index is 0.0123. The lowest BCUT2D eigenvalue weighted by atomic mass is 10.1. The van der Waals surface area contributed by atoms with Crippen LogP contribution in [0.2, 0.25) is 0 Å². The van der Waals surface area contributed by atoms with E-state index < -0.39 is 40.2 Å². The van der Waals surface area contributed by atoms with E-state index in [2.05, 4.69) is 10.6 Å². The minimum Gasteiger partial charge on any atom is -0.480 e. The molecule has 0 aromatic rings. The van der Waals surface area contributed by atoms with E-state index in [-0.39, 0.29) is 30.4 Å². The minimum atomic E-state index is -3.03. The average Bonchev–Trinajstić information content (AvgIpc) is 2.30. The maximum Gasteiger partial charge on any atom is 0.326 e. The Morgan fingerprint density at radius 2 is 1.80 bits per heavy atom. The van der Waals surface area contributed by atoms with Gasteiger partial charge in [0, 0.05) is 6.04 Å². The predicted octanol–water partition coefficient (Wildman–Crippen LogP) is -1.81. The molecule has 1 fully saturated rings. The van der Waals surface area contributed by atoms with Crippen LogP contribution in [0.3, 0.4) is 0 Å². The Morgan fingerprint density at radius 1 is 1.25 bits per heavy atom. The Hall–Kier alpha value is -1.84. The Morgan fingerprint density at radius 3 is 2.25 bits per heavy atom. The van der Waals surface area contributed by atoms with E-state index in [1.807, 2.05) is 0 Å². The number of rotatable bonds is 5. The van der Waals surface area contributed by atoms with Crippen LogP contribution in [-0.4, -0.2) is 55.0 Å². The van der Waals surface area contributed by atoms with Gasteiger partial charge in [0.05, 0.1) is 17.9 Å².